The molecule has 0 amide bonds. The molecule has 0 aliphatic rings. The first kappa shape index (κ1) is 14.2. The van der Waals surface area contributed by atoms with E-state index in [1.54, 1.807) is 12.1 Å². The maximum Gasteiger partial charge on any atom is 0.115 e. The van der Waals surface area contributed by atoms with Crippen LogP contribution in [0.3, 0.4) is 0 Å². The van der Waals surface area contributed by atoms with Crippen LogP contribution in [0.25, 0.3) is 0 Å². The molecule has 2 nitrogen and oxygen atoms in total. The number of nitrogens with one attached hydrogen (secondary N) is 1. The summed E-state index contributed by atoms with van der Waals surface area (Å²) in [7, 11) is 0. The summed E-state index contributed by atoms with van der Waals surface area (Å²) in [5, 5.41) is 12.9. The van der Waals surface area contributed by atoms with E-state index in [-0.39, 0.29) is 6.04 Å². The first-order valence-corrected chi connectivity index (χ1v) is 7.49. The molecule has 3 heteroatoms. The van der Waals surface area contributed by atoms with E-state index >= 15 is 0 Å². The van der Waals surface area contributed by atoms with Crippen LogP contribution in [0.5, 0.6) is 5.75 Å². The molecule has 0 saturated carbocycles. The molecule has 1 unspecified atom stereocenters. The first-order valence-electron chi connectivity index (χ1n) is 6.41. The van der Waals surface area contributed by atoms with Gasteiger partial charge in [-0.05, 0) is 77.4 Å². The van der Waals surface area contributed by atoms with Crippen LogP contribution in [0.15, 0.2) is 42.5 Å². The Hall–Kier alpha value is -1.23. The Morgan fingerprint density at radius 3 is 2.42 bits per heavy atom. The minimum atomic E-state index is 0.263. The molecule has 0 aliphatic carbocycles. The molecule has 2 aromatic rings. The number of hydrogen-bond donors (Lipinski definition) is 2. The number of aromatic hydroxyl groups is 1. The second-order valence-corrected chi connectivity index (χ2v) is 5.90. The molecule has 2 N–H and O–H groups in total. The molecular formula is C16H18INO. The zero-order valence-electron chi connectivity index (χ0n) is 11.2. The van der Waals surface area contributed by atoms with E-state index in [0.29, 0.717) is 5.75 Å². The number of rotatable bonds is 4. The Labute approximate surface area is 128 Å². The average Bonchev–Trinajstić information content (AvgIpc) is 2.39. The molecule has 0 fully saturated rings. The highest BCUT2D eigenvalue weighted by atomic mass is 127. The highest BCUT2D eigenvalue weighted by Crippen LogP contribution is 2.26. The fourth-order valence-electron chi connectivity index (χ4n) is 2.10. The first-order chi connectivity index (χ1) is 9.10. The lowest BCUT2D eigenvalue weighted by Crippen LogP contribution is -2.10. The third-order valence-corrected chi connectivity index (χ3v) is 3.89. The SMILES string of the molecule is CCC(Nc1ccc(I)cc1C)c1ccc(O)cc1. The second kappa shape index (κ2) is 6.28. The number of aryl methyl sites for hydroxylation is 1. The maximum atomic E-state index is 9.35. The van der Waals surface area contributed by atoms with Crippen LogP contribution in [-0.2, 0) is 0 Å². The van der Waals surface area contributed by atoms with Gasteiger partial charge in [-0.25, -0.2) is 0 Å². The summed E-state index contributed by atoms with van der Waals surface area (Å²) in [5.74, 6) is 0.309. The highest BCUT2D eigenvalue weighted by Gasteiger charge is 2.10. The van der Waals surface area contributed by atoms with Gasteiger partial charge in [0.05, 0.1) is 6.04 Å². The van der Waals surface area contributed by atoms with Gasteiger partial charge in [-0.3, -0.25) is 0 Å². The lowest BCUT2D eigenvalue weighted by atomic mass is 10.0. The summed E-state index contributed by atoms with van der Waals surface area (Å²) < 4.78 is 1.25. The van der Waals surface area contributed by atoms with Crippen molar-refractivity contribution in [3.05, 3.63) is 57.2 Å². The molecule has 0 bridgehead atoms. The van der Waals surface area contributed by atoms with Gasteiger partial charge in [0.2, 0.25) is 0 Å². The van der Waals surface area contributed by atoms with Crippen molar-refractivity contribution >= 4 is 28.3 Å². The molecule has 1 atom stereocenters. The minimum absolute atomic E-state index is 0.263. The van der Waals surface area contributed by atoms with Gasteiger partial charge in [0.1, 0.15) is 5.75 Å². The van der Waals surface area contributed by atoms with Gasteiger partial charge in [-0.15, -0.1) is 0 Å². The van der Waals surface area contributed by atoms with Gasteiger partial charge in [0, 0.05) is 9.26 Å². The van der Waals surface area contributed by atoms with Gasteiger partial charge in [0.25, 0.3) is 0 Å². The van der Waals surface area contributed by atoms with E-state index in [1.807, 2.05) is 12.1 Å². The van der Waals surface area contributed by atoms with Crippen molar-refractivity contribution in [3.8, 4) is 5.75 Å². The molecule has 2 rings (SSSR count). The minimum Gasteiger partial charge on any atom is -0.508 e. The molecule has 0 saturated heterocycles. The van der Waals surface area contributed by atoms with E-state index in [1.165, 1.54) is 20.4 Å². The summed E-state index contributed by atoms with van der Waals surface area (Å²) in [6.07, 6.45) is 0.996. The number of phenols is 1. The lowest BCUT2D eigenvalue weighted by Gasteiger charge is -2.20. The number of hydrogen-bond acceptors (Lipinski definition) is 2. The topological polar surface area (TPSA) is 32.3 Å². The Kier molecular flexibility index (Phi) is 4.69. The smallest absolute Gasteiger partial charge is 0.115 e. The Morgan fingerprint density at radius 2 is 1.84 bits per heavy atom. The molecule has 0 heterocycles. The van der Waals surface area contributed by atoms with Crippen molar-refractivity contribution < 1.29 is 5.11 Å². The van der Waals surface area contributed by atoms with Crippen LogP contribution in [0.1, 0.15) is 30.5 Å². The van der Waals surface area contributed by atoms with Gasteiger partial charge in [0.15, 0.2) is 0 Å². The molecule has 0 aromatic heterocycles. The third-order valence-electron chi connectivity index (χ3n) is 3.22. The summed E-state index contributed by atoms with van der Waals surface area (Å²) in [6.45, 7) is 4.28. The van der Waals surface area contributed by atoms with E-state index < -0.39 is 0 Å². The maximum absolute atomic E-state index is 9.35. The van der Waals surface area contributed by atoms with E-state index in [0.717, 1.165) is 6.42 Å². The van der Waals surface area contributed by atoms with Crippen molar-refractivity contribution in [2.45, 2.75) is 26.3 Å². The van der Waals surface area contributed by atoms with Gasteiger partial charge >= 0.3 is 0 Å². The zero-order chi connectivity index (χ0) is 13.8. The molecule has 0 aliphatic heterocycles. The largest absolute Gasteiger partial charge is 0.508 e. The Balaban J connectivity index is 2.21. The Bertz CT molecular complexity index is 551. The summed E-state index contributed by atoms with van der Waals surface area (Å²) in [4.78, 5) is 0. The zero-order valence-corrected chi connectivity index (χ0v) is 13.3. The van der Waals surface area contributed by atoms with Crippen LogP contribution >= 0.6 is 22.6 Å². The van der Waals surface area contributed by atoms with Gasteiger partial charge in [-0.2, -0.15) is 0 Å². The quantitative estimate of drug-likeness (QED) is 0.756. The van der Waals surface area contributed by atoms with Crippen molar-refractivity contribution in [2.75, 3.05) is 5.32 Å². The van der Waals surface area contributed by atoms with Gasteiger partial charge in [-0.1, -0.05) is 19.1 Å². The number of halogens is 1. The van der Waals surface area contributed by atoms with Gasteiger partial charge < -0.3 is 10.4 Å². The normalized spacial score (nSPS) is 12.2. The van der Waals surface area contributed by atoms with Crippen molar-refractivity contribution in [1.82, 2.24) is 0 Å². The molecule has 19 heavy (non-hydrogen) atoms. The predicted molar refractivity (Wildman–Crippen MR) is 88.7 cm³/mol. The van der Waals surface area contributed by atoms with Crippen LogP contribution in [0.2, 0.25) is 0 Å². The Morgan fingerprint density at radius 1 is 1.16 bits per heavy atom. The standard InChI is InChI=1S/C16H18INO/c1-3-15(12-4-7-14(19)8-5-12)18-16-9-6-13(17)10-11(16)2/h4-10,15,18-19H,3H2,1-2H3. The van der Waals surface area contributed by atoms with Crippen molar-refractivity contribution in [1.29, 1.82) is 0 Å². The molecule has 2 aromatic carbocycles. The number of anilines is 1. The fourth-order valence-corrected chi connectivity index (χ4v) is 2.75. The molecule has 0 radical (unpaired) electrons. The van der Waals surface area contributed by atoms with Crippen LogP contribution in [0.4, 0.5) is 5.69 Å². The summed E-state index contributed by atoms with van der Waals surface area (Å²) in [5.41, 5.74) is 3.61. The fraction of sp³-hybridized carbons (Fsp3) is 0.250. The van der Waals surface area contributed by atoms with E-state index in [2.05, 4.69) is 60.0 Å². The summed E-state index contributed by atoms with van der Waals surface area (Å²) in [6, 6.07) is 14.1. The lowest BCUT2D eigenvalue weighted by molar-refractivity contribution is 0.475. The second-order valence-electron chi connectivity index (χ2n) is 4.66. The van der Waals surface area contributed by atoms with Crippen LogP contribution < -0.4 is 5.32 Å². The van der Waals surface area contributed by atoms with E-state index in [4.69, 9.17) is 0 Å². The number of benzene rings is 2. The van der Waals surface area contributed by atoms with E-state index in [9.17, 15) is 5.11 Å². The average molecular weight is 367 g/mol. The monoisotopic (exact) mass is 367 g/mol. The molecular weight excluding hydrogens is 349 g/mol. The summed E-state index contributed by atoms with van der Waals surface area (Å²) >= 11 is 2.32. The molecule has 100 valence electrons. The van der Waals surface area contributed by atoms with Crippen molar-refractivity contribution in [2.24, 2.45) is 0 Å². The molecule has 0 spiro atoms. The number of phenolic OH excluding ortho intramolecular Hbond substituents is 1. The van der Waals surface area contributed by atoms with Crippen LogP contribution in [0, 0.1) is 10.5 Å². The van der Waals surface area contributed by atoms with Crippen LogP contribution in [-0.4, -0.2) is 5.11 Å². The highest BCUT2D eigenvalue weighted by molar-refractivity contribution is 14.1. The third kappa shape index (κ3) is 3.62. The van der Waals surface area contributed by atoms with Crippen molar-refractivity contribution in [3.63, 3.8) is 0 Å². The predicted octanol–water partition coefficient (Wildman–Crippen LogP) is 4.87.